The maximum atomic E-state index is 13.0. The molecule has 1 aliphatic heterocycles. The van der Waals surface area contributed by atoms with Gasteiger partial charge in [-0.1, -0.05) is 35.5 Å². The number of halogens is 3. The van der Waals surface area contributed by atoms with Gasteiger partial charge >= 0.3 is 12.4 Å². The molecule has 0 aliphatic carbocycles. The third kappa shape index (κ3) is 7.91. The maximum absolute atomic E-state index is 13.0. The van der Waals surface area contributed by atoms with Gasteiger partial charge in [0.2, 0.25) is 0 Å². The normalized spacial score (nSPS) is 14.6. The molecule has 1 unspecified atom stereocenters. The Morgan fingerprint density at radius 2 is 1.89 bits per heavy atom. The summed E-state index contributed by atoms with van der Waals surface area (Å²) in [6, 6.07) is 9.09. The first-order valence-electron chi connectivity index (χ1n) is 11.4. The van der Waals surface area contributed by atoms with Crippen molar-refractivity contribution in [3.63, 3.8) is 0 Å². The van der Waals surface area contributed by atoms with Crippen LogP contribution in [0.3, 0.4) is 0 Å². The van der Waals surface area contributed by atoms with Crippen molar-refractivity contribution in [3.05, 3.63) is 70.4 Å². The predicted octanol–water partition coefficient (Wildman–Crippen LogP) is 4.95. The van der Waals surface area contributed by atoms with Crippen LogP contribution in [-0.2, 0) is 17.8 Å². The van der Waals surface area contributed by atoms with Crippen LogP contribution in [0.15, 0.2) is 59.3 Å². The van der Waals surface area contributed by atoms with E-state index in [-0.39, 0.29) is 29.6 Å². The molecule has 1 fully saturated rings. The molecule has 3 amide bonds. The first-order chi connectivity index (χ1) is 17.0. The highest BCUT2D eigenvalue weighted by atomic mass is 32.2. The summed E-state index contributed by atoms with van der Waals surface area (Å²) in [5.41, 5.74) is 2.58. The van der Waals surface area contributed by atoms with Crippen molar-refractivity contribution in [1.82, 2.24) is 20.1 Å². The molecule has 11 heteroatoms. The second kappa shape index (κ2) is 12.2. The number of thioether (sulfide) groups is 1. The Labute approximate surface area is 212 Å². The zero-order chi connectivity index (χ0) is 26.3. The summed E-state index contributed by atoms with van der Waals surface area (Å²) in [5.74, 6) is -0.487. The number of nitrogens with one attached hydrogen (secondary N) is 1. The lowest BCUT2D eigenvalue weighted by Crippen LogP contribution is -2.37. The summed E-state index contributed by atoms with van der Waals surface area (Å²) in [6.07, 6.45) is -0.620. The van der Waals surface area contributed by atoms with Crippen molar-refractivity contribution in [2.24, 2.45) is 0 Å². The van der Waals surface area contributed by atoms with Crippen LogP contribution >= 0.6 is 11.8 Å². The van der Waals surface area contributed by atoms with Crippen molar-refractivity contribution in [3.8, 4) is 5.75 Å². The minimum Gasteiger partial charge on any atom is -0.406 e. The first kappa shape index (κ1) is 27.4. The van der Waals surface area contributed by atoms with E-state index in [1.54, 1.807) is 22.2 Å². The van der Waals surface area contributed by atoms with E-state index in [1.165, 1.54) is 36.0 Å². The van der Waals surface area contributed by atoms with Gasteiger partial charge in [0.15, 0.2) is 0 Å². The molecule has 1 N–H and O–H groups in total. The number of amides is 3. The van der Waals surface area contributed by atoms with E-state index in [1.807, 2.05) is 32.9 Å². The van der Waals surface area contributed by atoms with Crippen LogP contribution in [0.4, 0.5) is 18.0 Å². The minimum absolute atomic E-state index is 0.180. The van der Waals surface area contributed by atoms with Gasteiger partial charge in [0.25, 0.3) is 5.91 Å². The molecule has 1 saturated heterocycles. The molecule has 2 aromatic rings. The predicted molar refractivity (Wildman–Crippen MR) is 132 cm³/mol. The fourth-order valence-electron chi connectivity index (χ4n) is 3.68. The fourth-order valence-corrected chi connectivity index (χ4v) is 4.76. The smallest absolute Gasteiger partial charge is 0.406 e. The first-order valence-corrected chi connectivity index (χ1v) is 12.3. The molecule has 0 saturated carbocycles. The van der Waals surface area contributed by atoms with E-state index in [9.17, 15) is 22.8 Å². The molecule has 1 aliphatic rings. The zero-order valence-corrected chi connectivity index (χ0v) is 21.2. The largest absolute Gasteiger partial charge is 0.573 e. The molecule has 194 valence electrons. The average molecular weight is 523 g/mol. The number of rotatable bonds is 10. The summed E-state index contributed by atoms with van der Waals surface area (Å²) in [4.78, 5) is 33.8. The van der Waals surface area contributed by atoms with Gasteiger partial charge in [-0.15, -0.1) is 13.2 Å². The van der Waals surface area contributed by atoms with Gasteiger partial charge in [0.1, 0.15) is 5.75 Å². The molecule has 1 atom stereocenters. The number of alkyl halides is 3. The van der Waals surface area contributed by atoms with Crippen molar-refractivity contribution >= 4 is 23.7 Å². The van der Waals surface area contributed by atoms with Crippen LogP contribution < -0.4 is 10.1 Å². The van der Waals surface area contributed by atoms with Gasteiger partial charge in [-0.05, 0) is 56.5 Å². The van der Waals surface area contributed by atoms with Gasteiger partial charge < -0.3 is 19.9 Å². The Morgan fingerprint density at radius 1 is 1.17 bits per heavy atom. The van der Waals surface area contributed by atoms with Crippen LogP contribution in [0.5, 0.6) is 5.75 Å². The topological polar surface area (TPSA) is 74.8 Å². The van der Waals surface area contributed by atoms with E-state index in [2.05, 4.69) is 15.0 Å². The molecular weight excluding hydrogens is 493 g/mol. The molecule has 1 aromatic carbocycles. The fraction of sp³-hybridized carbons (Fsp3) is 0.400. The molecule has 0 bridgehead atoms. The summed E-state index contributed by atoms with van der Waals surface area (Å²) in [6.45, 7) is 7.30. The van der Waals surface area contributed by atoms with Crippen molar-refractivity contribution in [2.45, 2.75) is 45.5 Å². The van der Waals surface area contributed by atoms with Crippen molar-refractivity contribution < 1.29 is 27.5 Å². The van der Waals surface area contributed by atoms with Crippen molar-refractivity contribution in [1.29, 1.82) is 0 Å². The third-order valence-electron chi connectivity index (χ3n) is 5.47. The zero-order valence-electron chi connectivity index (χ0n) is 20.3. The lowest BCUT2D eigenvalue weighted by atomic mass is 10.2. The van der Waals surface area contributed by atoms with E-state index < -0.39 is 6.36 Å². The number of allylic oxidation sites excluding steroid dienone is 1. The number of ether oxygens (including phenoxy) is 1. The summed E-state index contributed by atoms with van der Waals surface area (Å²) < 4.78 is 40.9. The second-order valence-electron chi connectivity index (χ2n) is 8.50. The number of carbonyl (C=O) groups is 2. The van der Waals surface area contributed by atoms with Gasteiger partial charge in [-0.25, -0.2) is 4.79 Å². The number of urea groups is 1. The molecule has 3 rings (SSSR count). The Hall–Kier alpha value is -3.21. The molecular formula is C25H29F3N4O3S. The second-order valence-corrected chi connectivity index (χ2v) is 9.83. The number of benzene rings is 1. The van der Waals surface area contributed by atoms with Crippen molar-refractivity contribution in [2.75, 3.05) is 19.6 Å². The van der Waals surface area contributed by atoms with Gasteiger partial charge in [0, 0.05) is 38.6 Å². The Morgan fingerprint density at radius 3 is 2.50 bits per heavy atom. The van der Waals surface area contributed by atoms with Crippen LogP contribution in [0.2, 0.25) is 0 Å². The molecule has 1 aromatic heterocycles. The summed E-state index contributed by atoms with van der Waals surface area (Å²) >= 11 is 1.33. The lowest BCUT2D eigenvalue weighted by Gasteiger charge is -2.25. The van der Waals surface area contributed by atoms with Gasteiger partial charge in [-0.2, -0.15) is 0 Å². The number of aromatic nitrogens is 1. The molecule has 7 nitrogen and oxygen atoms in total. The maximum Gasteiger partial charge on any atom is 0.573 e. The van der Waals surface area contributed by atoms with Gasteiger partial charge in [0.05, 0.1) is 10.3 Å². The minimum atomic E-state index is -4.75. The molecule has 36 heavy (non-hydrogen) atoms. The molecule has 0 spiro atoms. The highest BCUT2D eigenvalue weighted by molar-refractivity contribution is 8.04. The standard InChI is InChI=1S/C25H29F3N4O3S/c1-17(2)22(23(33)30-12-10-19-5-4-11-29-15-19)36-18(3)32-14-13-31(24(32)34)16-20-6-8-21(9-7-20)35-25(26,27)28/h4-9,11,15,18H,10,12-14,16H2,1-3H3,(H,30,33). The SMILES string of the molecule is CC(C)=C(SC(C)N1CCN(Cc2ccc(OC(F)(F)F)cc2)C1=O)C(=O)NCCc1cccnc1. The Bertz CT molecular complexity index is 1070. The third-order valence-corrected chi connectivity index (χ3v) is 6.89. The number of pyridine rings is 1. The van der Waals surface area contributed by atoms with E-state index >= 15 is 0 Å². The number of hydrogen-bond donors (Lipinski definition) is 1. The monoisotopic (exact) mass is 522 g/mol. The summed E-state index contributed by atoms with van der Waals surface area (Å²) in [5, 5.41) is 2.66. The lowest BCUT2D eigenvalue weighted by molar-refractivity contribution is -0.274. The quantitative estimate of drug-likeness (QED) is 0.447. The Kier molecular flexibility index (Phi) is 9.25. The highest BCUT2D eigenvalue weighted by Crippen LogP contribution is 2.30. The summed E-state index contributed by atoms with van der Waals surface area (Å²) in [7, 11) is 0. The highest BCUT2D eigenvalue weighted by Gasteiger charge is 2.34. The Balaban J connectivity index is 1.53. The van der Waals surface area contributed by atoms with Gasteiger partial charge in [-0.3, -0.25) is 9.78 Å². The average Bonchev–Trinajstić information content (AvgIpc) is 3.18. The van der Waals surface area contributed by atoms with Crippen LogP contribution in [0, 0.1) is 0 Å². The van der Waals surface area contributed by atoms with E-state index in [4.69, 9.17) is 0 Å². The van der Waals surface area contributed by atoms with Crippen LogP contribution in [0.1, 0.15) is 31.9 Å². The number of hydrogen-bond acceptors (Lipinski definition) is 5. The molecule has 0 radical (unpaired) electrons. The van der Waals surface area contributed by atoms with E-state index in [0.29, 0.717) is 36.5 Å². The van der Waals surface area contributed by atoms with Crippen LogP contribution in [-0.4, -0.2) is 58.1 Å². The molecule has 2 heterocycles. The van der Waals surface area contributed by atoms with Crippen LogP contribution in [0.25, 0.3) is 0 Å². The number of nitrogens with zero attached hydrogens (tertiary/aromatic N) is 3. The number of carbonyl (C=O) groups excluding carboxylic acids is 2. The van der Waals surface area contributed by atoms with E-state index in [0.717, 1.165) is 11.1 Å².